The molecule has 0 bridgehead atoms. The molecule has 1 amide bonds. The van der Waals surface area contributed by atoms with Gasteiger partial charge in [-0.15, -0.1) is 0 Å². The summed E-state index contributed by atoms with van der Waals surface area (Å²) in [7, 11) is 0. The van der Waals surface area contributed by atoms with Crippen molar-refractivity contribution in [1.82, 2.24) is 0 Å². The number of nitriles is 1. The minimum atomic E-state index is -0.180. The van der Waals surface area contributed by atoms with Crippen molar-refractivity contribution >= 4 is 46.0 Å². The van der Waals surface area contributed by atoms with Crippen molar-refractivity contribution in [1.29, 1.82) is 5.26 Å². The van der Waals surface area contributed by atoms with Crippen LogP contribution < -0.4 is 19.1 Å². The van der Waals surface area contributed by atoms with Crippen LogP contribution in [0, 0.1) is 11.3 Å². The third-order valence-corrected chi connectivity index (χ3v) is 6.59. The van der Waals surface area contributed by atoms with E-state index in [0.717, 1.165) is 16.9 Å². The van der Waals surface area contributed by atoms with Crippen LogP contribution in [-0.2, 0) is 11.4 Å². The normalized spacial score (nSPS) is 14.1. The quantitative estimate of drug-likeness (QED) is 0.243. The second-order valence-corrected chi connectivity index (χ2v) is 9.32. The van der Waals surface area contributed by atoms with E-state index in [1.165, 1.54) is 16.7 Å². The predicted octanol–water partition coefficient (Wildman–Crippen LogP) is 6.34. The molecular weight excluding hydrogens is 492 g/mol. The molecule has 1 aliphatic rings. The van der Waals surface area contributed by atoms with E-state index in [-0.39, 0.29) is 12.5 Å². The summed E-state index contributed by atoms with van der Waals surface area (Å²) < 4.78 is 17.7. The van der Waals surface area contributed by atoms with Crippen molar-refractivity contribution in [3.8, 4) is 23.3 Å². The summed E-state index contributed by atoms with van der Waals surface area (Å²) in [6.07, 6.45) is 1.80. The largest absolute Gasteiger partial charge is 0.494 e. The van der Waals surface area contributed by atoms with E-state index < -0.39 is 0 Å². The molecule has 0 atom stereocenters. The summed E-state index contributed by atoms with van der Waals surface area (Å²) in [6.45, 7) is 5.08. The third kappa shape index (κ3) is 5.70. The highest BCUT2D eigenvalue weighted by Crippen LogP contribution is 2.38. The Bertz CT molecular complexity index is 1350. The van der Waals surface area contributed by atoms with E-state index in [4.69, 9.17) is 26.4 Å². The Kier molecular flexibility index (Phi) is 8.26. The molecule has 0 aliphatic carbocycles. The van der Waals surface area contributed by atoms with Crippen LogP contribution in [0.15, 0.2) is 71.6 Å². The highest BCUT2D eigenvalue weighted by atomic mass is 32.2. The molecule has 3 aromatic rings. The Morgan fingerprint density at radius 2 is 1.72 bits per heavy atom. The van der Waals surface area contributed by atoms with Gasteiger partial charge in [-0.25, -0.2) is 0 Å². The van der Waals surface area contributed by atoms with Gasteiger partial charge in [0.05, 0.1) is 35.4 Å². The van der Waals surface area contributed by atoms with Gasteiger partial charge in [-0.05, 0) is 68.0 Å². The first-order chi connectivity index (χ1) is 17.5. The fourth-order valence-corrected chi connectivity index (χ4v) is 4.91. The molecule has 3 aromatic carbocycles. The topological polar surface area (TPSA) is 71.8 Å². The van der Waals surface area contributed by atoms with Crippen molar-refractivity contribution in [3.05, 3.63) is 88.3 Å². The Hall–Kier alpha value is -3.80. The molecule has 1 fully saturated rings. The molecular formula is C28H24N2O4S2. The number of hydrogen-bond donors (Lipinski definition) is 0. The predicted molar refractivity (Wildman–Crippen MR) is 146 cm³/mol. The first kappa shape index (κ1) is 25.3. The number of carbonyl (C=O) groups excluding carboxylic acids is 1. The summed E-state index contributed by atoms with van der Waals surface area (Å²) in [5, 5.41) is 9.31. The van der Waals surface area contributed by atoms with Gasteiger partial charge in [0.1, 0.15) is 12.4 Å². The first-order valence-corrected chi connectivity index (χ1v) is 12.6. The minimum absolute atomic E-state index is 0.180. The third-order valence-electron chi connectivity index (χ3n) is 5.29. The van der Waals surface area contributed by atoms with Crippen LogP contribution in [0.25, 0.3) is 6.08 Å². The Balaban J connectivity index is 1.53. The lowest BCUT2D eigenvalue weighted by Gasteiger charge is -2.15. The molecule has 8 heteroatoms. The molecule has 182 valence electrons. The van der Waals surface area contributed by atoms with Gasteiger partial charge in [0, 0.05) is 5.56 Å². The van der Waals surface area contributed by atoms with Crippen molar-refractivity contribution in [3.63, 3.8) is 0 Å². The molecule has 36 heavy (non-hydrogen) atoms. The molecule has 6 nitrogen and oxygen atoms in total. The zero-order chi connectivity index (χ0) is 25.5. The molecule has 1 aliphatic heterocycles. The number of ether oxygens (including phenoxy) is 3. The van der Waals surface area contributed by atoms with Crippen LogP contribution in [0.2, 0.25) is 0 Å². The maximum absolute atomic E-state index is 13.2. The van der Waals surface area contributed by atoms with Crippen LogP contribution in [0.4, 0.5) is 5.69 Å². The molecule has 0 saturated carbocycles. The molecule has 0 N–H and O–H groups in total. The smallest absolute Gasteiger partial charge is 0.270 e. The fourth-order valence-electron chi connectivity index (χ4n) is 3.61. The first-order valence-electron chi connectivity index (χ1n) is 11.4. The number of rotatable bonds is 9. The fraction of sp³-hybridized carbons (Fsp3) is 0.179. The van der Waals surface area contributed by atoms with Crippen LogP contribution in [0.1, 0.15) is 30.5 Å². The van der Waals surface area contributed by atoms with E-state index in [1.807, 2.05) is 68.4 Å². The van der Waals surface area contributed by atoms with Gasteiger partial charge in [0.15, 0.2) is 15.8 Å². The van der Waals surface area contributed by atoms with Crippen LogP contribution in [0.5, 0.6) is 17.2 Å². The van der Waals surface area contributed by atoms with Gasteiger partial charge in [0.25, 0.3) is 5.91 Å². The number of anilines is 1. The standard InChI is InChI=1S/C28H24N2O4S2/c1-3-32-23-12-10-22(11-13-23)30-27(31)26(36-28(30)35)16-19-9-14-24(25(15-19)33-4-2)34-18-21-8-6-5-7-20(21)17-29/h5-16H,3-4,18H2,1-2H3/b26-16+. The van der Waals surface area contributed by atoms with E-state index in [9.17, 15) is 10.1 Å². The average Bonchev–Trinajstić information content (AvgIpc) is 3.17. The highest BCUT2D eigenvalue weighted by Gasteiger charge is 2.33. The molecule has 0 radical (unpaired) electrons. The zero-order valence-electron chi connectivity index (χ0n) is 19.9. The van der Waals surface area contributed by atoms with Crippen LogP contribution >= 0.6 is 24.0 Å². The molecule has 1 saturated heterocycles. The molecule has 0 aromatic heterocycles. The molecule has 4 rings (SSSR count). The monoisotopic (exact) mass is 516 g/mol. The number of hydrogen-bond acceptors (Lipinski definition) is 7. The van der Waals surface area contributed by atoms with Crippen molar-refractivity contribution in [2.45, 2.75) is 20.5 Å². The van der Waals surface area contributed by atoms with E-state index in [2.05, 4.69) is 6.07 Å². The zero-order valence-corrected chi connectivity index (χ0v) is 21.5. The Morgan fingerprint density at radius 1 is 0.972 bits per heavy atom. The maximum atomic E-state index is 13.2. The van der Waals surface area contributed by atoms with Gasteiger partial charge in [-0.3, -0.25) is 9.69 Å². The number of benzene rings is 3. The summed E-state index contributed by atoms with van der Waals surface area (Å²) in [4.78, 5) is 15.2. The van der Waals surface area contributed by atoms with Crippen molar-refractivity contribution in [2.24, 2.45) is 0 Å². The van der Waals surface area contributed by atoms with Crippen molar-refractivity contribution < 1.29 is 19.0 Å². The summed E-state index contributed by atoms with van der Waals surface area (Å²) >= 11 is 6.75. The Labute approximate surface area is 220 Å². The SMILES string of the molecule is CCOc1ccc(N2C(=O)/C(=C\c3ccc(OCc4ccccc4C#N)c(OCC)c3)SC2=S)cc1. The summed E-state index contributed by atoms with van der Waals surface area (Å²) in [5.41, 5.74) is 2.85. The summed E-state index contributed by atoms with van der Waals surface area (Å²) in [5.74, 6) is 1.68. The second kappa shape index (κ2) is 11.8. The molecule has 1 heterocycles. The number of amides is 1. The lowest BCUT2D eigenvalue weighted by atomic mass is 10.1. The van der Waals surface area contributed by atoms with Gasteiger partial charge in [0.2, 0.25) is 0 Å². The lowest BCUT2D eigenvalue weighted by Crippen LogP contribution is -2.27. The maximum Gasteiger partial charge on any atom is 0.270 e. The number of nitrogens with zero attached hydrogens (tertiary/aromatic N) is 2. The van der Waals surface area contributed by atoms with Gasteiger partial charge in [-0.2, -0.15) is 5.26 Å². The average molecular weight is 517 g/mol. The minimum Gasteiger partial charge on any atom is -0.494 e. The van der Waals surface area contributed by atoms with Crippen LogP contribution in [0.3, 0.4) is 0 Å². The highest BCUT2D eigenvalue weighted by molar-refractivity contribution is 8.27. The molecule has 0 spiro atoms. The number of carbonyl (C=O) groups is 1. The Morgan fingerprint density at radius 3 is 2.44 bits per heavy atom. The number of thiocarbonyl (C=S) groups is 1. The van der Waals surface area contributed by atoms with Gasteiger partial charge < -0.3 is 14.2 Å². The molecule has 0 unspecified atom stereocenters. The van der Waals surface area contributed by atoms with E-state index in [0.29, 0.717) is 45.2 Å². The lowest BCUT2D eigenvalue weighted by molar-refractivity contribution is -0.113. The second-order valence-electron chi connectivity index (χ2n) is 7.64. The van der Waals surface area contributed by atoms with E-state index in [1.54, 1.807) is 18.2 Å². The van der Waals surface area contributed by atoms with Crippen LogP contribution in [-0.4, -0.2) is 23.4 Å². The van der Waals surface area contributed by atoms with Crippen molar-refractivity contribution in [2.75, 3.05) is 18.1 Å². The summed E-state index contributed by atoms with van der Waals surface area (Å²) in [6, 6.07) is 22.3. The van der Waals surface area contributed by atoms with Gasteiger partial charge >= 0.3 is 0 Å². The van der Waals surface area contributed by atoms with Gasteiger partial charge in [-0.1, -0.05) is 48.2 Å². The van der Waals surface area contributed by atoms with E-state index >= 15 is 0 Å². The number of thioether (sulfide) groups is 1.